The van der Waals surface area contributed by atoms with Gasteiger partial charge in [0.15, 0.2) is 0 Å². The lowest BCUT2D eigenvalue weighted by Crippen LogP contribution is -2.31. The number of rotatable bonds is 7. The largest absolute Gasteiger partial charge is 0.445 e. The van der Waals surface area contributed by atoms with Crippen LogP contribution in [0.5, 0.6) is 0 Å². The lowest BCUT2D eigenvalue weighted by Gasteiger charge is -2.16. The Morgan fingerprint density at radius 2 is 2.19 bits per heavy atom. The van der Waals surface area contributed by atoms with Crippen LogP contribution in [0, 0.1) is 5.92 Å². The van der Waals surface area contributed by atoms with Crippen molar-refractivity contribution in [3.05, 3.63) is 54.6 Å². The van der Waals surface area contributed by atoms with Gasteiger partial charge in [-0.3, -0.25) is 0 Å². The van der Waals surface area contributed by atoms with E-state index in [1.54, 1.807) is 12.5 Å². The quantitative estimate of drug-likeness (QED) is 0.852. The lowest BCUT2D eigenvalue weighted by atomic mass is 10.1. The summed E-state index contributed by atoms with van der Waals surface area (Å²) in [5.74, 6) is 0.364. The Kier molecular flexibility index (Phi) is 5.82. The number of imidazole rings is 1. The Balaban J connectivity index is 1.69. The highest BCUT2D eigenvalue weighted by Crippen LogP contribution is 2.06. The van der Waals surface area contributed by atoms with Crippen LogP contribution < -0.4 is 5.32 Å². The highest BCUT2D eigenvalue weighted by atomic mass is 16.5. The average molecular weight is 287 g/mol. The zero-order valence-electron chi connectivity index (χ0n) is 12.2. The van der Waals surface area contributed by atoms with Gasteiger partial charge in [0.2, 0.25) is 0 Å². The smallest absolute Gasteiger partial charge is 0.407 e. The van der Waals surface area contributed by atoms with Gasteiger partial charge in [-0.25, -0.2) is 9.78 Å². The molecule has 1 atom stereocenters. The number of alkyl carbamates (subject to hydrolysis) is 1. The third kappa shape index (κ3) is 5.30. The van der Waals surface area contributed by atoms with Crippen molar-refractivity contribution in [2.45, 2.75) is 26.5 Å². The second-order valence-electron chi connectivity index (χ2n) is 4.98. The normalized spacial score (nSPS) is 11.9. The number of hydrogen-bond donors (Lipinski definition) is 1. The molecule has 5 nitrogen and oxygen atoms in total. The van der Waals surface area contributed by atoms with Crippen molar-refractivity contribution >= 4 is 6.09 Å². The second kappa shape index (κ2) is 8.09. The van der Waals surface area contributed by atoms with Crippen LogP contribution in [0.15, 0.2) is 49.1 Å². The summed E-state index contributed by atoms with van der Waals surface area (Å²) < 4.78 is 7.21. The summed E-state index contributed by atoms with van der Waals surface area (Å²) in [5, 5.41) is 2.82. The van der Waals surface area contributed by atoms with Gasteiger partial charge in [0, 0.05) is 25.5 Å². The molecule has 21 heavy (non-hydrogen) atoms. The van der Waals surface area contributed by atoms with E-state index in [0.717, 1.165) is 18.5 Å². The molecule has 0 aliphatic rings. The predicted molar refractivity (Wildman–Crippen MR) is 80.6 cm³/mol. The molecule has 1 heterocycles. The molecule has 0 aliphatic heterocycles. The highest BCUT2D eigenvalue weighted by molar-refractivity contribution is 5.67. The molecule has 1 N–H and O–H groups in total. The molecule has 0 fully saturated rings. The van der Waals surface area contributed by atoms with Gasteiger partial charge in [-0.15, -0.1) is 0 Å². The van der Waals surface area contributed by atoms with Crippen molar-refractivity contribution in [2.24, 2.45) is 5.92 Å². The van der Waals surface area contributed by atoms with Gasteiger partial charge < -0.3 is 14.6 Å². The topological polar surface area (TPSA) is 56.1 Å². The number of benzene rings is 1. The van der Waals surface area contributed by atoms with Crippen molar-refractivity contribution in [1.29, 1.82) is 0 Å². The molecular formula is C16H21N3O2. The third-order valence-corrected chi connectivity index (χ3v) is 3.35. The molecule has 0 bridgehead atoms. The number of ether oxygens (including phenoxy) is 1. The maximum atomic E-state index is 11.7. The fourth-order valence-electron chi connectivity index (χ4n) is 2.03. The maximum Gasteiger partial charge on any atom is 0.407 e. The standard InChI is InChI=1S/C16H21N3O2/c1-2-14(11-19-9-8-17-13-19)10-18-16(20)21-12-15-6-4-3-5-7-15/h3-9,13-14H,2,10-12H2,1H3,(H,18,20)/t14-/m0/s1. The van der Waals surface area contributed by atoms with Gasteiger partial charge in [-0.05, 0) is 17.9 Å². The molecule has 2 rings (SSSR count). The van der Waals surface area contributed by atoms with Gasteiger partial charge in [0.1, 0.15) is 6.61 Å². The van der Waals surface area contributed by atoms with Crippen LogP contribution in [-0.2, 0) is 17.9 Å². The number of hydrogen-bond acceptors (Lipinski definition) is 3. The predicted octanol–water partition coefficient (Wildman–Crippen LogP) is 2.84. The first-order valence-corrected chi connectivity index (χ1v) is 7.18. The second-order valence-corrected chi connectivity index (χ2v) is 4.98. The van der Waals surface area contributed by atoms with Crippen LogP contribution in [0.25, 0.3) is 0 Å². The van der Waals surface area contributed by atoms with Crippen LogP contribution >= 0.6 is 0 Å². The zero-order valence-corrected chi connectivity index (χ0v) is 12.2. The molecule has 1 aromatic heterocycles. The summed E-state index contributed by atoms with van der Waals surface area (Å²) in [5.41, 5.74) is 0.984. The molecule has 1 aromatic carbocycles. The summed E-state index contributed by atoms with van der Waals surface area (Å²) in [4.78, 5) is 15.7. The maximum absolute atomic E-state index is 11.7. The summed E-state index contributed by atoms with van der Waals surface area (Å²) in [6.07, 6.45) is 6.08. The molecule has 0 saturated carbocycles. The Morgan fingerprint density at radius 1 is 1.38 bits per heavy atom. The molecule has 0 spiro atoms. The average Bonchev–Trinajstić information content (AvgIpc) is 3.03. The minimum Gasteiger partial charge on any atom is -0.445 e. The first kappa shape index (κ1) is 15.1. The van der Waals surface area contributed by atoms with Crippen LogP contribution in [-0.4, -0.2) is 22.2 Å². The number of carbonyl (C=O) groups is 1. The Labute approximate surface area is 125 Å². The molecular weight excluding hydrogens is 266 g/mol. The van der Waals surface area contributed by atoms with Gasteiger partial charge in [0.05, 0.1) is 6.33 Å². The number of carbonyl (C=O) groups excluding carboxylic acids is 1. The molecule has 112 valence electrons. The fourth-order valence-corrected chi connectivity index (χ4v) is 2.03. The van der Waals surface area contributed by atoms with E-state index in [-0.39, 0.29) is 6.09 Å². The van der Waals surface area contributed by atoms with Crippen molar-refractivity contribution in [3.8, 4) is 0 Å². The van der Waals surface area contributed by atoms with E-state index >= 15 is 0 Å². The zero-order chi connectivity index (χ0) is 14.9. The minimum atomic E-state index is -0.372. The number of nitrogens with zero attached hydrogens (tertiary/aromatic N) is 2. The van der Waals surface area contributed by atoms with Crippen molar-refractivity contribution < 1.29 is 9.53 Å². The SMILES string of the molecule is CC[C@@H](CNC(=O)OCc1ccccc1)Cn1ccnc1. The van der Waals surface area contributed by atoms with Gasteiger partial charge in [-0.1, -0.05) is 37.3 Å². The van der Waals surface area contributed by atoms with E-state index in [1.165, 1.54) is 0 Å². The summed E-state index contributed by atoms with van der Waals surface area (Å²) in [6.45, 7) is 3.85. The van der Waals surface area contributed by atoms with Crippen LogP contribution in [0.2, 0.25) is 0 Å². The molecule has 0 unspecified atom stereocenters. The van der Waals surface area contributed by atoms with Gasteiger partial charge >= 0.3 is 6.09 Å². The third-order valence-electron chi connectivity index (χ3n) is 3.35. The molecule has 1 amide bonds. The van der Waals surface area contributed by atoms with Crippen molar-refractivity contribution in [1.82, 2.24) is 14.9 Å². The van der Waals surface area contributed by atoms with Gasteiger partial charge in [-0.2, -0.15) is 0 Å². The first-order chi connectivity index (χ1) is 10.3. The summed E-state index contributed by atoms with van der Waals surface area (Å²) in [7, 11) is 0. The number of amides is 1. The fraction of sp³-hybridized carbons (Fsp3) is 0.375. The van der Waals surface area contributed by atoms with Crippen molar-refractivity contribution in [2.75, 3.05) is 6.54 Å². The molecule has 0 radical (unpaired) electrons. The van der Waals surface area contributed by atoms with E-state index in [9.17, 15) is 4.79 Å². The van der Waals surface area contributed by atoms with E-state index in [1.807, 2.05) is 41.1 Å². The minimum absolute atomic E-state index is 0.297. The van der Waals surface area contributed by atoms with E-state index < -0.39 is 0 Å². The van der Waals surface area contributed by atoms with E-state index in [2.05, 4.69) is 17.2 Å². The molecule has 2 aromatic rings. The van der Waals surface area contributed by atoms with E-state index in [4.69, 9.17) is 4.74 Å². The highest BCUT2D eigenvalue weighted by Gasteiger charge is 2.10. The Bertz CT molecular complexity index is 526. The number of nitrogens with one attached hydrogen (secondary N) is 1. The Hall–Kier alpha value is -2.30. The van der Waals surface area contributed by atoms with Crippen molar-refractivity contribution in [3.63, 3.8) is 0 Å². The summed E-state index contributed by atoms with van der Waals surface area (Å²) in [6, 6.07) is 9.65. The van der Waals surface area contributed by atoms with Crippen LogP contribution in [0.3, 0.4) is 0 Å². The lowest BCUT2D eigenvalue weighted by molar-refractivity contribution is 0.137. The van der Waals surface area contributed by atoms with Crippen LogP contribution in [0.1, 0.15) is 18.9 Å². The van der Waals surface area contributed by atoms with Gasteiger partial charge in [0.25, 0.3) is 0 Å². The van der Waals surface area contributed by atoms with Crippen LogP contribution in [0.4, 0.5) is 4.79 Å². The van der Waals surface area contributed by atoms with E-state index in [0.29, 0.717) is 19.1 Å². The first-order valence-electron chi connectivity index (χ1n) is 7.18. The monoisotopic (exact) mass is 287 g/mol. The summed E-state index contributed by atoms with van der Waals surface area (Å²) >= 11 is 0. The molecule has 5 heteroatoms. The Morgan fingerprint density at radius 3 is 2.86 bits per heavy atom. The molecule has 0 aliphatic carbocycles. The number of aromatic nitrogens is 2. The molecule has 0 saturated heterocycles.